The second-order valence-corrected chi connectivity index (χ2v) is 11.2. The van der Waals surface area contributed by atoms with Crippen LogP contribution in [0.15, 0.2) is 12.2 Å². The number of hydrogen-bond acceptors (Lipinski definition) is 4. The van der Waals surface area contributed by atoms with E-state index in [0.29, 0.717) is 25.8 Å². The molecule has 0 radical (unpaired) electrons. The van der Waals surface area contributed by atoms with Crippen molar-refractivity contribution in [2.24, 2.45) is 17.8 Å². The number of hydrogen-bond donors (Lipinski definition) is 2. The molecule has 0 spiro atoms. The van der Waals surface area contributed by atoms with Gasteiger partial charge in [-0.05, 0) is 38.5 Å². The van der Waals surface area contributed by atoms with Crippen LogP contribution in [0.5, 0.6) is 0 Å². The Morgan fingerprint density at radius 3 is 1.42 bits per heavy atom. The van der Waals surface area contributed by atoms with E-state index in [1.165, 1.54) is 57.8 Å². The lowest BCUT2D eigenvalue weighted by molar-refractivity contribution is -0.935. The van der Waals surface area contributed by atoms with Crippen LogP contribution in [0, 0.1) is 17.8 Å². The van der Waals surface area contributed by atoms with Gasteiger partial charge in [-0.1, -0.05) is 91.2 Å². The van der Waals surface area contributed by atoms with E-state index in [1.54, 1.807) is 6.92 Å². The number of rotatable bonds is 26. The van der Waals surface area contributed by atoms with Crippen LogP contribution in [0.2, 0.25) is 0 Å². The molecule has 222 valence electrons. The molecular weight excluding hydrogens is 482 g/mol. The molecule has 0 aromatic carbocycles. The maximum Gasteiger partial charge on any atom is 0.312 e. The molecule has 0 heterocycles. The van der Waals surface area contributed by atoms with Gasteiger partial charge >= 0.3 is 11.9 Å². The molecule has 0 saturated heterocycles. The van der Waals surface area contributed by atoms with Crippen molar-refractivity contribution < 1.29 is 34.2 Å². The SMILES string of the molecule is CCCCCCCCCCC/C=C/CCC[N+](CC(CC)C(=O)[O-])(CC(CC)C(=O)O)CC(CC)C(=O)O. The minimum atomic E-state index is -1.15. The van der Waals surface area contributed by atoms with Crippen molar-refractivity contribution in [3.63, 3.8) is 0 Å². The molecule has 7 nitrogen and oxygen atoms in total. The van der Waals surface area contributed by atoms with E-state index >= 15 is 0 Å². The lowest BCUT2D eigenvalue weighted by atomic mass is 9.95. The van der Waals surface area contributed by atoms with Crippen molar-refractivity contribution >= 4 is 17.9 Å². The van der Waals surface area contributed by atoms with Gasteiger partial charge in [-0.25, -0.2) is 0 Å². The Morgan fingerprint density at radius 1 is 0.632 bits per heavy atom. The summed E-state index contributed by atoms with van der Waals surface area (Å²) in [5.74, 6) is -5.02. The number of allylic oxidation sites excluding steroid dienone is 2. The smallest absolute Gasteiger partial charge is 0.312 e. The molecule has 7 heteroatoms. The number of carboxylic acid groups (broad SMARTS) is 3. The van der Waals surface area contributed by atoms with Gasteiger partial charge in [-0.2, -0.15) is 0 Å². The Labute approximate surface area is 232 Å². The molecule has 3 unspecified atom stereocenters. The van der Waals surface area contributed by atoms with Crippen molar-refractivity contribution in [1.82, 2.24) is 0 Å². The first kappa shape index (κ1) is 36.1. The standard InChI is InChI=1S/C31H57NO6/c1-5-9-10-11-12-13-14-15-16-17-18-19-20-21-22-32(23-26(6-2)29(33)34,24-27(7-3)30(35)36)25-28(8-4)31(37)38/h18-19,26-28H,5-17,20-25H2,1-4H3,(H2-,33,34,35,36,37,38)/b19-18+. The average Bonchev–Trinajstić information content (AvgIpc) is 2.88. The van der Waals surface area contributed by atoms with Gasteiger partial charge < -0.3 is 24.6 Å². The van der Waals surface area contributed by atoms with Crippen molar-refractivity contribution in [1.29, 1.82) is 0 Å². The van der Waals surface area contributed by atoms with Gasteiger partial charge in [0.25, 0.3) is 0 Å². The Bertz CT molecular complexity index is 617. The summed E-state index contributed by atoms with van der Waals surface area (Å²) in [6.07, 6.45) is 19.9. The molecule has 0 rings (SSSR count). The molecular formula is C31H57NO6. The number of nitrogens with zero attached hydrogens (tertiary/aromatic N) is 1. The molecule has 0 saturated carbocycles. The van der Waals surface area contributed by atoms with Crippen LogP contribution in [-0.2, 0) is 14.4 Å². The van der Waals surface area contributed by atoms with Crippen molar-refractivity contribution in [3.8, 4) is 0 Å². The van der Waals surface area contributed by atoms with Crippen LogP contribution in [-0.4, -0.2) is 58.8 Å². The number of carbonyl (C=O) groups is 3. The van der Waals surface area contributed by atoms with Gasteiger partial charge in [-0.15, -0.1) is 0 Å². The number of quaternary nitrogens is 1. The summed E-state index contributed by atoms with van der Waals surface area (Å²) in [5, 5.41) is 31.4. The van der Waals surface area contributed by atoms with Crippen LogP contribution in [0.25, 0.3) is 0 Å². The quantitative estimate of drug-likeness (QED) is 0.0784. The van der Waals surface area contributed by atoms with Gasteiger partial charge in [0.15, 0.2) is 0 Å². The fourth-order valence-electron chi connectivity index (χ4n) is 5.39. The fraction of sp³-hybridized carbons (Fsp3) is 0.839. The first-order valence-corrected chi connectivity index (χ1v) is 15.3. The Hall–Kier alpha value is -1.89. The molecule has 0 amide bonds. The topological polar surface area (TPSA) is 115 Å². The molecule has 0 aromatic rings. The summed E-state index contributed by atoms with van der Waals surface area (Å²) in [5.41, 5.74) is 0. The van der Waals surface area contributed by atoms with Crippen molar-refractivity contribution in [3.05, 3.63) is 12.2 Å². The summed E-state index contributed by atoms with van der Waals surface area (Å²) >= 11 is 0. The Morgan fingerprint density at radius 2 is 1.03 bits per heavy atom. The Kier molecular flexibility index (Phi) is 20.9. The van der Waals surface area contributed by atoms with E-state index < -0.39 is 35.7 Å². The largest absolute Gasteiger partial charge is 0.550 e. The predicted octanol–water partition coefficient (Wildman–Crippen LogP) is 6.06. The van der Waals surface area contributed by atoms with E-state index in [9.17, 15) is 29.7 Å². The third-order valence-electron chi connectivity index (χ3n) is 7.98. The normalized spacial score (nSPS) is 15.7. The minimum absolute atomic E-state index is 0.189. The van der Waals surface area contributed by atoms with Crippen molar-refractivity contribution in [2.45, 2.75) is 124 Å². The van der Waals surface area contributed by atoms with Crippen LogP contribution < -0.4 is 5.11 Å². The van der Waals surface area contributed by atoms with E-state index in [0.717, 1.165) is 19.3 Å². The predicted molar refractivity (Wildman–Crippen MR) is 152 cm³/mol. The van der Waals surface area contributed by atoms with E-state index in [-0.39, 0.29) is 24.1 Å². The highest BCUT2D eigenvalue weighted by atomic mass is 16.4. The summed E-state index contributed by atoms with van der Waals surface area (Å²) in [6.45, 7) is 8.88. The molecule has 0 aliphatic rings. The third kappa shape index (κ3) is 16.2. The van der Waals surface area contributed by atoms with Gasteiger partial charge in [0.2, 0.25) is 0 Å². The maximum absolute atomic E-state index is 11.9. The van der Waals surface area contributed by atoms with Crippen molar-refractivity contribution in [2.75, 3.05) is 26.2 Å². The highest BCUT2D eigenvalue weighted by Crippen LogP contribution is 2.24. The molecule has 38 heavy (non-hydrogen) atoms. The zero-order valence-corrected chi connectivity index (χ0v) is 24.8. The molecule has 2 N–H and O–H groups in total. The van der Waals surface area contributed by atoms with Crippen LogP contribution in [0.1, 0.15) is 124 Å². The molecule has 0 bridgehead atoms. The second kappa shape index (κ2) is 22.0. The summed E-state index contributed by atoms with van der Waals surface area (Å²) in [6, 6.07) is 0. The fourth-order valence-corrected chi connectivity index (χ4v) is 5.39. The van der Waals surface area contributed by atoms with Gasteiger partial charge in [-0.3, -0.25) is 9.59 Å². The average molecular weight is 540 g/mol. The lowest BCUT2D eigenvalue weighted by Gasteiger charge is -2.44. The maximum atomic E-state index is 11.9. The molecule has 0 aliphatic heterocycles. The van der Waals surface area contributed by atoms with Crippen LogP contribution in [0.4, 0.5) is 0 Å². The van der Waals surface area contributed by atoms with E-state index in [1.807, 2.05) is 13.8 Å². The Balaban J connectivity index is 5.13. The monoisotopic (exact) mass is 539 g/mol. The minimum Gasteiger partial charge on any atom is -0.550 e. The van der Waals surface area contributed by atoms with E-state index in [4.69, 9.17) is 0 Å². The zero-order chi connectivity index (χ0) is 28.8. The van der Waals surface area contributed by atoms with E-state index in [2.05, 4.69) is 19.1 Å². The molecule has 3 atom stereocenters. The zero-order valence-electron chi connectivity index (χ0n) is 24.8. The number of aliphatic carboxylic acids is 3. The highest BCUT2D eigenvalue weighted by Gasteiger charge is 2.39. The number of carbonyl (C=O) groups excluding carboxylic acids is 1. The second-order valence-electron chi connectivity index (χ2n) is 11.2. The molecule has 0 fully saturated rings. The highest BCUT2D eigenvalue weighted by molar-refractivity contribution is 5.70. The van der Waals surface area contributed by atoms with Gasteiger partial charge in [0.05, 0.1) is 32.1 Å². The first-order valence-electron chi connectivity index (χ1n) is 15.3. The summed E-state index contributed by atoms with van der Waals surface area (Å²) in [7, 11) is 0. The summed E-state index contributed by atoms with van der Waals surface area (Å²) in [4.78, 5) is 35.7. The summed E-state index contributed by atoms with van der Waals surface area (Å²) < 4.78 is 0.189. The van der Waals surface area contributed by atoms with Gasteiger partial charge in [0, 0.05) is 12.3 Å². The van der Waals surface area contributed by atoms with Gasteiger partial charge in [0.1, 0.15) is 11.8 Å². The first-order chi connectivity index (χ1) is 18.2. The molecule has 0 aromatic heterocycles. The third-order valence-corrected chi connectivity index (χ3v) is 7.98. The molecule has 0 aliphatic carbocycles. The number of carboxylic acids is 3. The van der Waals surface area contributed by atoms with Crippen LogP contribution in [0.3, 0.4) is 0 Å². The lowest BCUT2D eigenvalue weighted by Crippen LogP contribution is -2.59. The number of unbranched alkanes of at least 4 members (excludes halogenated alkanes) is 10. The van der Waals surface area contributed by atoms with Crippen LogP contribution >= 0.6 is 0 Å².